The van der Waals surface area contributed by atoms with Gasteiger partial charge in [0.2, 0.25) is 5.88 Å². The molecule has 7 heteroatoms. The van der Waals surface area contributed by atoms with Crippen molar-refractivity contribution in [2.45, 2.75) is 6.18 Å². The number of rotatable bonds is 2. The van der Waals surface area contributed by atoms with Crippen molar-refractivity contribution in [3.63, 3.8) is 0 Å². The molecule has 0 fully saturated rings. The normalized spacial score (nSPS) is 11.4. The number of pyridine rings is 1. The van der Waals surface area contributed by atoms with Crippen LogP contribution >= 0.6 is 23.2 Å². The Kier molecular flexibility index (Phi) is 3.87. The van der Waals surface area contributed by atoms with Crippen molar-refractivity contribution in [3.8, 4) is 11.6 Å². The summed E-state index contributed by atoms with van der Waals surface area (Å²) in [7, 11) is 0. The summed E-state index contributed by atoms with van der Waals surface area (Å²) >= 11 is 11.5. The maximum absolute atomic E-state index is 12.4. The second-order valence-corrected chi connectivity index (χ2v) is 4.28. The highest BCUT2D eigenvalue weighted by molar-refractivity contribution is 6.32. The molecular formula is C12H5Cl2F3NO. The molecule has 0 bridgehead atoms. The van der Waals surface area contributed by atoms with Crippen LogP contribution in [-0.4, -0.2) is 4.98 Å². The molecule has 0 aliphatic heterocycles. The van der Waals surface area contributed by atoms with Crippen molar-refractivity contribution in [3.05, 3.63) is 52.1 Å². The molecule has 1 radical (unpaired) electrons. The molecule has 99 valence electrons. The number of ether oxygens (including phenoxy) is 1. The molecule has 2 rings (SSSR count). The summed E-state index contributed by atoms with van der Waals surface area (Å²) in [5.74, 6) is 0.0505. The van der Waals surface area contributed by atoms with Crippen molar-refractivity contribution in [2.24, 2.45) is 0 Å². The van der Waals surface area contributed by atoms with Crippen LogP contribution in [-0.2, 0) is 6.18 Å². The van der Waals surface area contributed by atoms with Crippen molar-refractivity contribution in [1.82, 2.24) is 4.98 Å². The topological polar surface area (TPSA) is 22.1 Å². The number of alkyl halides is 3. The molecule has 1 aromatic carbocycles. The average Bonchev–Trinajstić information content (AvgIpc) is 2.33. The minimum Gasteiger partial charge on any atom is -0.436 e. The molecule has 0 saturated heterocycles. The summed E-state index contributed by atoms with van der Waals surface area (Å²) in [6.45, 7) is 0. The zero-order valence-electron chi connectivity index (χ0n) is 9.13. The first-order valence-electron chi connectivity index (χ1n) is 4.94. The van der Waals surface area contributed by atoms with E-state index in [-0.39, 0.29) is 21.7 Å². The lowest BCUT2D eigenvalue weighted by atomic mass is 10.3. The van der Waals surface area contributed by atoms with E-state index in [1.807, 2.05) is 0 Å². The minimum atomic E-state index is -4.51. The van der Waals surface area contributed by atoms with Crippen LogP contribution in [0, 0.1) is 6.07 Å². The van der Waals surface area contributed by atoms with Gasteiger partial charge in [-0.3, -0.25) is 0 Å². The fourth-order valence-electron chi connectivity index (χ4n) is 1.23. The van der Waals surface area contributed by atoms with Crippen molar-refractivity contribution in [2.75, 3.05) is 0 Å². The van der Waals surface area contributed by atoms with E-state index in [0.29, 0.717) is 6.20 Å². The number of hydrogen-bond donors (Lipinski definition) is 0. The van der Waals surface area contributed by atoms with Gasteiger partial charge in [-0.15, -0.1) is 0 Å². The molecule has 1 heterocycles. The molecule has 1 aromatic heterocycles. The van der Waals surface area contributed by atoms with Crippen LogP contribution < -0.4 is 4.74 Å². The maximum atomic E-state index is 12.4. The summed E-state index contributed by atoms with van der Waals surface area (Å²) in [6.07, 6.45) is -3.87. The smallest absolute Gasteiger partial charge is 0.417 e. The van der Waals surface area contributed by atoms with Gasteiger partial charge in [-0.1, -0.05) is 29.3 Å². The average molecular weight is 307 g/mol. The number of hydrogen-bond acceptors (Lipinski definition) is 2. The van der Waals surface area contributed by atoms with Gasteiger partial charge in [-0.25, -0.2) is 4.98 Å². The molecule has 0 N–H and O–H groups in total. The first-order valence-corrected chi connectivity index (χ1v) is 5.69. The monoisotopic (exact) mass is 306 g/mol. The summed E-state index contributed by atoms with van der Waals surface area (Å²) in [5.41, 5.74) is -0.949. The second-order valence-electron chi connectivity index (χ2n) is 3.47. The molecule has 2 nitrogen and oxygen atoms in total. The van der Waals surface area contributed by atoms with Crippen molar-refractivity contribution in [1.29, 1.82) is 0 Å². The van der Waals surface area contributed by atoms with Crippen LogP contribution in [0.25, 0.3) is 0 Å². The molecule has 0 saturated carbocycles. The molecule has 0 amide bonds. The molecule has 0 unspecified atom stereocenters. The Morgan fingerprint density at radius 2 is 1.95 bits per heavy atom. The fraction of sp³-hybridized carbons (Fsp3) is 0.0833. The van der Waals surface area contributed by atoms with Crippen LogP contribution in [0.5, 0.6) is 11.6 Å². The predicted octanol–water partition coefficient (Wildman–Crippen LogP) is 5.00. The van der Waals surface area contributed by atoms with E-state index in [4.69, 9.17) is 27.9 Å². The molecule has 0 aliphatic carbocycles. The Balaban J connectivity index is 2.30. The lowest BCUT2D eigenvalue weighted by Gasteiger charge is -2.10. The van der Waals surface area contributed by atoms with E-state index in [1.54, 1.807) is 6.07 Å². The standard InChI is InChI=1S/C12H5Cl2F3NO/c13-8-3-1-2-4-10(8)19-11-9(14)5-7(6-18-11)12(15,16)17/h1,3-6H. The maximum Gasteiger partial charge on any atom is 0.417 e. The minimum absolute atomic E-state index is 0.156. The summed E-state index contributed by atoms with van der Waals surface area (Å²) < 4.78 is 42.5. The van der Waals surface area contributed by atoms with Gasteiger partial charge in [0.05, 0.1) is 10.6 Å². The Hall–Kier alpha value is -1.46. The molecule has 19 heavy (non-hydrogen) atoms. The first-order chi connectivity index (χ1) is 8.88. The third-order valence-corrected chi connectivity index (χ3v) is 2.70. The van der Waals surface area contributed by atoms with Crippen molar-refractivity contribution < 1.29 is 17.9 Å². The Morgan fingerprint density at radius 1 is 1.21 bits per heavy atom. The lowest BCUT2D eigenvalue weighted by molar-refractivity contribution is -0.137. The highest BCUT2D eigenvalue weighted by Crippen LogP contribution is 2.35. The molecule has 0 atom stereocenters. The third-order valence-electron chi connectivity index (χ3n) is 2.12. The second kappa shape index (κ2) is 5.27. The van der Waals surface area contributed by atoms with Crippen LogP contribution in [0.2, 0.25) is 10.0 Å². The van der Waals surface area contributed by atoms with E-state index < -0.39 is 11.7 Å². The van der Waals surface area contributed by atoms with Gasteiger partial charge < -0.3 is 4.74 Å². The highest BCUT2D eigenvalue weighted by Gasteiger charge is 2.31. The van der Waals surface area contributed by atoms with Crippen LogP contribution in [0.1, 0.15) is 5.56 Å². The SMILES string of the molecule is FC(F)(F)c1cnc(Oc2c[c]ccc2Cl)c(Cl)c1. The Morgan fingerprint density at radius 3 is 2.53 bits per heavy atom. The van der Waals surface area contributed by atoms with Gasteiger partial charge in [0, 0.05) is 6.20 Å². The van der Waals surface area contributed by atoms with E-state index in [1.165, 1.54) is 12.1 Å². The lowest BCUT2D eigenvalue weighted by Crippen LogP contribution is -2.05. The van der Waals surface area contributed by atoms with Gasteiger partial charge >= 0.3 is 6.18 Å². The van der Waals surface area contributed by atoms with E-state index in [9.17, 15) is 13.2 Å². The van der Waals surface area contributed by atoms with Crippen molar-refractivity contribution >= 4 is 23.2 Å². The number of halogens is 5. The zero-order chi connectivity index (χ0) is 14.0. The summed E-state index contributed by atoms with van der Waals surface area (Å²) in [4.78, 5) is 3.53. The van der Waals surface area contributed by atoms with Gasteiger partial charge in [-0.2, -0.15) is 13.2 Å². The predicted molar refractivity (Wildman–Crippen MR) is 64.6 cm³/mol. The number of aromatic nitrogens is 1. The van der Waals surface area contributed by atoms with Gasteiger partial charge in [0.15, 0.2) is 0 Å². The third kappa shape index (κ3) is 3.30. The molecule has 0 aliphatic rings. The van der Waals surface area contributed by atoms with E-state index in [0.717, 1.165) is 6.07 Å². The van der Waals surface area contributed by atoms with E-state index >= 15 is 0 Å². The summed E-state index contributed by atoms with van der Waals surface area (Å²) in [6, 6.07) is 7.98. The van der Waals surface area contributed by atoms with Gasteiger partial charge in [0.25, 0.3) is 0 Å². The Bertz CT molecular complexity index is 602. The van der Waals surface area contributed by atoms with Crippen LogP contribution in [0.15, 0.2) is 30.5 Å². The Labute approximate surface area is 116 Å². The van der Waals surface area contributed by atoms with Crippen LogP contribution in [0.4, 0.5) is 13.2 Å². The van der Waals surface area contributed by atoms with Crippen LogP contribution in [0.3, 0.4) is 0 Å². The quantitative estimate of drug-likeness (QED) is 0.779. The number of nitrogens with zero attached hydrogens (tertiary/aromatic N) is 1. The largest absolute Gasteiger partial charge is 0.436 e. The highest BCUT2D eigenvalue weighted by atomic mass is 35.5. The zero-order valence-corrected chi connectivity index (χ0v) is 10.6. The molecule has 2 aromatic rings. The molecular weight excluding hydrogens is 302 g/mol. The first kappa shape index (κ1) is 14.0. The molecule has 0 spiro atoms. The summed E-state index contributed by atoms with van der Waals surface area (Å²) in [5, 5.41) is 0.0197. The van der Waals surface area contributed by atoms with Gasteiger partial charge in [0.1, 0.15) is 10.8 Å². The fourth-order valence-corrected chi connectivity index (χ4v) is 1.60. The number of benzene rings is 1. The van der Waals surface area contributed by atoms with Gasteiger partial charge in [-0.05, 0) is 24.3 Å². The van der Waals surface area contributed by atoms with E-state index in [2.05, 4.69) is 11.1 Å².